The van der Waals surface area contributed by atoms with Crippen molar-refractivity contribution in [2.24, 2.45) is 0 Å². The number of carbonyl (C=O) groups is 1. The van der Waals surface area contributed by atoms with Gasteiger partial charge in [-0.25, -0.2) is 14.2 Å². The predicted molar refractivity (Wildman–Crippen MR) is 95.1 cm³/mol. The van der Waals surface area contributed by atoms with Crippen molar-refractivity contribution in [1.29, 1.82) is 0 Å². The second kappa shape index (κ2) is 6.64. The van der Waals surface area contributed by atoms with Crippen molar-refractivity contribution in [3.63, 3.8) is 0 Å². The van der Waals surface area contributed by atoms with Gasteiger partial charge in [-0.05, 0) is 23.8 Å². The van der Waals surface area contributed by atoms with Crippen molar-refractivity contribution < 1.29 is 9.90 Å². The molecule has 4 rings (SSSR count). The van der Waals surface area contributed by atoms with E-state index in [2.05, 4.69) is 15.4 Å². The quantitative estimate of drug-likeness (QED) is 0.601. The van der Waals surface area contributed by atoms with E-state index >= 15 is 0 Å². The van der Waals surface area contributed by atoms with Crippen LogP contribution in [-0.4, -0.2) is 35.9 Å². The average Bonchev–Trinajstić information content (AvgIpc) is 3.34. The van der Waals surface area contributed by atoms with E-state index < -0.39 is 5.97 Å². The molecule has 0 aliphatic rings. The Bertz CT molecular complexity index is 1050. The lowest BCUT2D eigenvalue weighted by Crippen LogP contribution is -2.06. The largest absolute Gasteiger partial charge is 0.478 e. The fourth-order valence-electron chi connectivity index (χ4n) is 2.85. The zero-order valence-corrected chi connectivity index (χ0v) is 13.7. The molecule has 0 bridgehead atoms. The van der Waals surface area contributed by atoms with E-state index in [4.69, 9.17) is 0 Å². The maximum Gasteiger partial charge on any atom is 0.336 e. The number of carboxylic acid groups (broad SMARTS) is 1. The minimum Gasteiger partial charge on any atom is -0.478 e. The van der Waals surface area contributed by atoms with Gasteiger partial charge in [0, 0.05) is 18.0 Å². The molecule has 0 unspecified atom stereocenters. The summed E-state index contributed by atoms with van der Waals surface area (Å²) in [4.78, 5) is 11.4. The van der Waals surface area contributed by atoms with E-state index in [9.17, 15) is 9.90 Å². The lowest BCUT2D eigenvalue weighted by Gasteiger charge is -2.09. The smallest absolute Gasteiger partial charge is 0.336 e. The molecule has 2 aromatic carbocycles. The zero-order valence-electron chi connectivity index (χ0n) is 13.7. The summed E-state index contributed by atoms with van der Waals surface area (Å²) < 4.78 is 3.49. The van der Waals surface area contributed by atoms with Gasteiger partial charge in [0.25, 0.3) is 0 Å². The molecule has 2 aromatic heterocycles. The summed E-state index contributed by atoms with van der Waals surface area (Å²) in [5.41, 5.74) is 3.27. The fourth-order valence-corrected chi connectivity index (χ4v) is 2.85. The monoisotopic (exact) mass is 345 g/mol. The molecule has 0 fully saturated rings. The number of aromatic nitrogens is 5. The Hall–Kier alpha value is -3.74. The zero-order chi connectivity index (χ0) is 17.9. The molecule has 0 spiro atoms. The predicted octanol–water partition coefficient (Wildman–Crippen LogP) is 2.88. The van der Waals surface area contributed by atoms with E-state index in [0.717, 1.165) is 11.3 Å². The van der Waals surface area contributed by atoms with Gasteiger partial charge in [-0.15, -0.1) is 5.10 Å². The summed E-state index contributed by atoms with van der Waals surface area (Å²) in [6.07, 6.45) is 5.36. The number of rotatable bonds is 5. The van der Waals surface area contributed by atoms with Crippen molar-refractivity contribution in [1.82, 2.24) is 24.8 Å². The Morgan fingerprint density at radius 1 is 1.04 bits per heavy atom. The van der Waals surface area contributed by atoms with Gasteiger partial charge in [0.2, 0.25) is 0 Å². The standard InChI is InChI=1S/C19H15N5O2/c25-19(26)16-8-3-2-7-15(16)17-13-23(22-21-17)12-14-6-1-4-9-18(14)24-11-5-10-20-24/h1-11,13H,12H2,(H,25,26). The number of nitrogens with zero attached hydrogens (tertiary/aromatic N) is 5. The summed E-state index contributed by atoms with van der Waals surface area (Å²) in [5, 5.41) is 21.9. The van der Waals surface area contributed by atoms with Crippen LogP contribution in [0, 0.1) is 0 Å². The van der Waals surface area contributed by atoms with E-state index in [-0.39, 0.29) is 5.56 Å². The number of benzene rings is 2. The van der Waals surface area contributed by atoms with Crippen molar-refractivity contribution >= 4 is 5.97 Å². The normalized spacial score (nSPS) is 10.8. The third-order valence-electron chi connectivity index (χ3n) is 4.05. The number of hydrogen-bond acceptors (Lipinski definition) is 4. The SMILES string of the molecule is O=C(O)c1ccccc1-c1cn(Cc2ccccc2-n2cccn2)nn1. The number of hydrogen-bond donors (Lipinski definition) is 1. The number of aromatic carboxylic acids is 1. The Morgan fingerprint density at radius 3 is 2.65 bits per heavy atom. The fraction of sp³-hybridized carbons (Fsp3) is 0.0526. The highest BCUT2D eigenvalue weighted by molar-refractivity contribution is 5.95. The van der Waals surface area contributed by atoms with E-state index in [0.29, 0.717) is 17.8 Å². The molecule has 26 heavy (non-hydrogen) atoms. The Morgan fingerprint density at radius 2 is 1.85 bits per heavy atom. The van der Waals surface area contributed by atoms with Crippen LogP contribution in [0.4, 0.5) is 0 Å². The maximum atomic E-state index is 11.4. The Kier molecular flexibility index (Phi) is 4.03. The molecule has 1 N–H and O–H groups in total. The van der Waals surface area contributed by atoms with Crippen molar-refractivity contribution in [2.45, 2.75) is 6.54 Å². The van der Waals surface area contributed by atoms with Gasteiger partial charge in [0.05, 0.1) is 24.0 Å². The van der Waals surface area contributed by atoms with E-state index in [1.54, 1.807) is 46.0 Å². The molecule has 0 saturated carbocycles. The third kappa shape index (κ3) is 2.98. The molecule has 0 amide bonds. The highest BCUT2D eigenvalue weighted by atomic mass is 16.4. The van der Waals surface area contributed by atoms with Crippen LogP contribution in [0.1, 0.15) is 15.9 Å². The molecule has 0 radical (unpaired) electrons. The second-order valence-electron chi connectivity index (χ2n) is 5.73. The van der Waals surface area contributed by atoms with Crippen molar-refractivity contribution in [3.05, 3.63) is 84.3 Å². The van der Waals surface area contributed by atoms with Crippen LogP contribution in [0.5, 0.6) is 0 Å². The van der Waals surface area contributed by atoms with Crippen molar-refractivity contribution in [3.8, 4) is 16.9 Å². The molecular weight excluding hydrogens is 330 g/mol. The van der Waals surface area contributed by atoms with Gasteiger partial charge >= 0.3 is 5.97 Å². The second-order valence-corrected chi connectivity index (χ2v) is 5.73. The topological polar surface area (TPSA) is 85.8 Å². The van der Waals surface area contributed by atoms with Gasteiger partial charge < -0.3 is 5.11 Å². The average molecular weight is 345 g/mol. The van der Waals surface area contributed by atoms with Crippen LogP contribution in [0.2, 0.25) is 0 Å². The minimum absolute atomic E-state index is 0.205. The summed E-state index contributed by atoms with van der Waals surface area (Å²) in [5.74, 6) is -0.987. The minimum atomic E-state index is -0.987. The van der Waals surface area contributed by atoms with Gasteiger partial charge in [-0.1, -0.05) is 41.6 Å². The molecule has 0 aliphatic carbocycles. The maximum absolute atomic E-state index is 11.4. The summed E-state index contributed by atoms with van der Waals surface area (Å²) in [6.45, 7) is 0.498. The Balaban J connectivity index is 1.66. The van der Waals surface area contributed by atoms with Crippen LogP contribution in [-0.2, 0) is 6.54 Å². The van der Waals surface area contributed by atoms with Gasteiger partial charge in [0.15, 0.2) is 0 Å². The molecule has 7 heteroatoms. The first-order valence-corrected chi connectivity index (χ1v) is 8.03. The van der Waals surface area contributed by atoms with Gasteiger partial charge in [-0.3, -0.25) is 0 Å². The van der Waals surface area contributed by atoms with Crippen LogP contribution >= 0.6 is 0 Å². The molecule has 128 valence electrons. The third-order valence-corrected chi connectivity index (χ3v) is 4.05. The lowest BCUT2D eigenvalue weighted by molar-refractivity contribution is 0.0697. The highest BCUT2D eigenvalue weighted by Crippen LogP contribution is 2.22. The lowest BCUT2D eigenvalue weighted by atomic mass is 10.1. The highest BCUT2D eigenvalue weighted by Gasteiger charge is 2.14. The van der Waals surface area contributed by atoms with Crippen LogP contribution in [0.25, 0.3) is 16.9 Å². The molecule has 0 atom stereocenters. The van der Waals surface area contributed by atoms with Gasteiger partial charge in [-0.2, -0.15) is 5.10 Å². The molecule has 0 aliphatic heterocycles. The van der Waals surface area contributed by atoms with Crippen LogP contribution in [0.3, 0.4) is 0 Å². The van der Waals surface area contributed by atoms with Crippen LogP contribution < -0.4 is 0 Å². The Labute approximate surface area is 149 Å². The first-order valence-electron chi connectivity index (χ1n) is 8.03. The van der Waals surface area contributed by atoms with E-state index in [1.165, 1.54) is 0 Å². The van der Waals surface area contributed by atoms with E-state index in [1.807, 2.05) is 36.5 Å². The van der Waals surface area contributed by atoms with Crippen LogP contribution in [0.15, 0.2) is 73.2 Å². The molecule has 4 aromatic rings. The van der Waals surface area contributed by atoms with Crippen molar-refractivity contribution in [2.75, 3.05) is 0 Å². The first-order chi connectivity index (χ1) is 12.7. The van der Waals surface area contributed by atoms with Gasteiger partial charge in [0.1, 0.15) is 5.69 Å². The summed E-state index contributed by atoms with van der Waals surface area (Å²) in [7, 11) is 0. The molecule has 0 saturated heterocycles. The molecule has 2 heterocycles. The summed E-state index contributed by atoms with van der Waals surface area (Å²) >= 11 is 0. The summed E-state index contributed by atoms with van der Waals surface area (Å²) in [6, 6.07) is 16.5. The first kappa shape index (κ1) is 15.8. The number of carboxylic acids is 1. The molecular formula is C19H15N5O2. The number of para-hydroxylation sites is 1. The molecule has 7 nitrogen and oxygen atoms in total.